The number of likely N-dealkylation sites (tertiary alicyclic amines) is 1. The number of piperidine rings is 1. The Balaban J connectivity index is 1.60. The van der Waals surface area contributed by atoms with Gasteiger partial charge in [0.15, 0.2) is 0 Å². The van der Waals surface area contributed by atoms with Gasteiger partial charge in [-0.2, -0.15) is 0 Å². The molecule has 2 fully saturated rings. The molecule has 0 bridgehead atoms. The van der Waals surface area contributed by atoms with E-state index < -0.39 is 0 Å². The molecular weight excluding hydrogens is 208 g/mol. The van der Waals surface area contributed by atoms with E-state index in [0.29, 0.717) is 6.04 Å². The van der Waals surface area contributed by atoms with Gasteiger partial charge in [0.1, 0.15) is 0 Å². The van der Waals surface area contributed by atoms with Crippen LogP contribution in [0.2, 0.25) is 0 Å². The molecule has 0 amide bonds. The highest BCUT2D eigenvalue weighted by molar-refractivity contribution is 4.78. The quantitative estimate of drug-likeness (QED) is 0.792. The Morgan fingerprint density at radius 2 is 1.65 bits per heavy atom. The van der Waals surface area contributed by atoms with E-state index in [9.17, 15) is 0 Å². The van der Waals surface area contributed by atoms with E-state index in [1.807, 2.05) is 0 Å². The van der Waals surface area contributed by atoms with Gasteiger partial charge >= 0.3 is 0 Å². The summed E-state index contributed by atoms with van der Waals surface area (Å²) in [4.78, 5) is 2.72. The van der Waals surface area contributed by atoms with Crippen molar-refractivity contribution in [2.45, 2.75) is 58.4 Å². The minimum Gasteiger partial charge on any atom is -0.314 e. The van der Waals surface area contributed by atoms with Crippen molar-refractivity contribution in [3.63, 3.8) is 0 Å². The molecule has 100 valence electrons. The predicted molar refractivity (Wildman–Crippen MR) is 74.3 cm³/mol. The Kier molecular flexibility index (Phi) is 5.30. The fourth-order valence-electron chi connectivity index (χ4n) is 3.33. The summed E-state index contributed by atoms with van der Waals surface area (Å²) in [6.07, 6.45) is 8.78. The molecule has 1 aliphatic carbocycles. The summed E-state index contributed by atoms with van der Waals surface area (Å²) in [5, 5.41) is 3.58. The molecule has 1 saturated heterocycles. The molecule has 0 unspecified atom stereocenters. The first kappa shape index (κ1) is 13.4. The molecule has 0 radical (unpaired) electrons. The third kappa shape index (κ3) is 4.59. The number of hydrogen-bond donors (Lipinski definition) is 1. The molecule has 0 atom stereocenters. The standard InChI is InChI=1S/C15H30N2/c1-13(2)16-11-14-7-9-17(10-8-14)12-15-5-3-4-6-15/h13-16H,3-12H2,1-2H3. The first-order valence-electron chi connectivity index (χ1n) is 7.70. The lowest BCUT2D eigenvalue weighted by atomic mass is 9.95. The van der Waals surface area contributed by atoms with E-state index in [0.717, 1.165) is 11.8 Å². The Morgan fingerprint density at radius 1 is 1.00 bits per heavy atom. The molecule has 1 aliphatic heterocycles. The SMILES string of the molecule is CC(C)NCC1CCN(CC2CCCC2)CC1. The van der Waals surface area contributed by atoms with Crippen molar-refractivity contribution < 1.29 is 0 Å². The van der Waals surface area contributed by atoms with Crippen LogP contribution in [0.4, 0.5) is 0 Å². The lowest BCUT2D eigenvalue weighted by molar-refractivity contribution is 0.159. The summed E-state index contributed by atoms with van der Waals surface area (Å²) in [7, 11) is 0. The lowest BCUT2D eigenvalue weighted by Gasteiger charge is -2.34. The van der Waals surface area contributed by atoms with Crippen molar-refractivity contribution in [1.29, 1.82) is 0 Å². The molecule has 0 aromatic rings. The van der Waals surface area contributed by atoms with Crippen molar-refractivity contribution in [1.82, 2.24) is 10.2 Å². The zero-order chi connectivity index (χ0) is 12.1. The second-order valence-corrected chi connectivity index (χ2v) is 6.46. The van der Waals surface area contributed by atoms with Gasteiger partial charge in [-0.15, -0.1) is 0 Å². The molecule has 17 heavy (non-hydrogen) atoms. The van der Waals surface area contributed by atoms with Crippen molar-refractivity contribution >= 4 is 0 Å². The van der Waals surface area contributed by atoms with Crippen LogP contribution in [-0.4, -0.2) is 37.1 Å². The molecule has 1 N–H and O–H groups in total. The Labute approximate surface area is 107 Å². The zero-order valence-electron chi connectivity index (χ0n) is 11.8. The maximum Gasteiger partial charge on any atom is 0.00104 e. The van der Waals surface area contributed by atoms with Gasteiger partial charge in [-0.1, -0.05) is 26.7 Å². The van der Waals surface area contributed by atoms with Gasteiger partial charge in [-0.05, 0) is 57.2 Å². The van der Waals surface area contributed by atoms with Crippen LogP contribution in [0.5, 0.6) is 0 Å². The van der Waals surface area contributed by atoms with Gasteiger partial charge < -0.3 is 10.2 Å². The van der Waals surface area contributed by atoms with Gasteiger partial charge in [-0.3, -0.25) is 0 Å². The summed E-state index contributed by atoms with van der Waals surface area (Å²) in [6.45, 7) is 9.81. The minimum atomic E-state index is 0.645. The average molecular weight is 238 g/mol. The second-order valence-electron chi connectivity index (χ2n) is 6.46. The molecule has 0 aromatic carbocycles. The van der Waals surface area contributed by atoms with Crippen LogP contribution in [0.3, 0.4) is 0 Å². The third-order valence-corrected chi connectivity index (χ3v) is 4.51. The molecular formula is C15H30N2. The smallest absolute Gasteiger partial charge is 0.00104 e. The van der Waals surface area contributed by atoms with Crippen molar-refractivity contribution in [2.24, 2.45) is 11.8 Å². The van der Waals surface area contributed by atoms with Gasteiger partial charge in [-0.25, -0.2) is 0 Å². The molecule has 1 saturated carbocycles. The maximum atomic E-state index is 3.58. The Bertz CT molecular complexity index is 201. The highest BCUT2D eigenvalue weighted by atomic mass is 15.1. The minimum absolute atomic E-state index is 0.645. The molecule has 1 heterocycles. The van der Waals surface area contributed by atoms with E-state index in [1.165, 1.54) is 64.7 Å². The predicted octanol–water partition coefficient (Wildman–Crippen LogP) is 2.89. The Hall–Kier alpha value is -0.0800. The maximum absolute atomic E-state index is 3.58. The number of rotatable bonds is 5. The van der Waals surface area contributed by atoms with Gasteiger partial charge in [0, 0.05) is 12.6 Å². The normalized spacial score (nSPS) is 24.9. The van der Waals surface area contributed by atoms with E-state index in [4.69, 9.17) is 0 Å². The van der Waals surface area contributed by atoms with Gasteiger partial charge in [0.25, 0.3) is 0 Å². The summed E-state index contributed by atoms with van der Waals surface area (Å²) < 4.78 is 0. The highest BCUT2D eigenvalue weighted by Crippen LogP contribution is 2.27. The molecule has 2 rings (SSSR count). The summed E-state index contributed by atoms with van der Waals surface area (Å²) in [6, 6.07) is 0.645. The third-order valence-electron chi connectivity index (χ3n) is 4.51. The molecule has 0 spiro atoms. The molecule has 2 nitrogen and oxygen atoms in total. The summed E-state index contributed by atoms with van der Waals surface area (Å²) in [5.74, 6) is 1.96. The number of nitrogens with zero attached hydrogens (tertiary/aromatic N) is 1. The van der Waals surface area contributed by atoms with Crippen LogP contribution in [0, 0.1) is 11.8 Å². The summed E-state index contributed by atoms with van der Waals surface area (Å²) in [5.41, 5.74) is 0. The highest BCUT2D eigenvalue weighted by Gasteiger charge is 2.23. The van der Waals surface area contributed by atoms with Crippen molar-refractivity contribution in [3.8, 4) is 0 Å². The van der Waals surface area contributed by atoms with Gasteiger partial charge in [0.05, 0.1) is 0 Å². The lowest BCUT2D eigenvalue weighted by Crippen LogP contribution is -2.40. The number of nitrogens with one attached hydrogen (secondary N) is 1. The van der Waals surface area contributed by atoms with Crippen LogP contribution in [0.15, 0.2) is 0 Å². The fraction of sp³-hybridized carbons (Fsp3) is 1.00. The monoisotopic (exact) mass is 238 g/mol. The van der Waals surface area contributed by atoms with E-state index in [2.05, 4.69) is 24.1 Å². The van der Waals surface area contributed by atoms with E-state index >= 15 is 0 Å². The Morgan fingerprint density at radius 3 is 2.24 bits per heavy atom. The first-order chi connectivity index (χ1) is 8.24. The van der Waals surface area contributed by atoms with E-state index in [-0.39, 0.29) is 0 Å². The van der Waals surface area contributed by atoms with Crippen LogP contribution in [-0.2, 0) is 0 Å². The van der Waals surface area contributed by atoms with Crippen LogP contribution in [0.1, 0.15) is 52.4 Å². The second kappa shape index (κ2) is 6.75. The average Bonchev–Trinajstić information content (AvgIpc) is 2.81. The molecule has 2 aliphatic rings. The van der Waals surface area contributed by atoms with Crippen LogP contribution in [0.25, 0.3) is 0 Å². The van der Waals surface area contributed by atoms with E-state index in [1.54, 1.807) is 0 Å². The molecule has 0 aromatic heterocycles. The topological polar surface area (TPSA) is 15.3 Å². The van der Waals surface area contributed by atoms with Crippen LogP contribution < -0.4 is 5.32 Å². The first-order valence-corrected chi connectivity index (χ1v) is 7.70. The largest absolute Gasteiger partial charge is 0.314 e. The van der Waals surface area contributed by atoms with Crippen molar-refractivity contribution in [2.75, 3.05) is 26.2 Å². The molecule has 2 heteroatoms. The van der Waals surface area contributed by atoms with Crippen LogP contribution >= 0.6 is 0 Å². The summed E-state index contributed by atoms with van der Waals surface area (Å²) >= 11 is 0. The van der Waals surface area contributed by atoms with Crippen molar-refractivity contribution in [3.05, 3.63) is 0 Å². The fourth-order valence-corrected chi connectivity index (χ4v) is 3.33. The number of hydrogen-bond acceptors (Lipinski definition) is 2. The van der Waals surface area contributed by atoms with Gasteiger partial charge in [0.2, 0.25) is 0 Å². The zero-order valence-corrected chi connectivity index (χ0v) is 11.8.